The van der Waals surface area contributed by atoms with Crippen LogP contribution >= 0.6 is 0 Å². The van der Waals surface area contributed by atoms with E-state index in [0.29, 0.717) is 17.8 Å². The van der Waals surface area contributed by atoms with Crippen molar-refractivity contribution in [2.24, 2.45) is 17.8 Å². The Morgan fingerprint density at radius 1 is 1.00 bits per heavy atom. The molecule has 0 radical (unpaired) electrons. The standard InChI is InChI=1S/C22H32N2O2S/c25-27(26,22-13-18-10-19(14-22)12-20(11-18)15-22)23-21-7-9-24(16-21)8-6-17-4-2-1-3-5-17/h1-5,18-21,23H,6-16H2/t18?,19?,20?,21-,22?/m0/s1. The third kappa shape index (κ3) is 3.47. The summed E-state index contributed by atoms with van der Waals surface area (Å²) in [4.78, 5) is 2.42. The minimum atomic E-state index is -3.23. The number of hydrogen-bond donors (Lipinski definition) is 1. The first-order valence-electron chi connectivity index (χ1n) is 10.8. The minimum absolute atomic E-state index is 0.0961. The highest BCUT2D eigenvalue weighted by molar-refractivity contribution is 7.90. The Morgan fingerprint density at radius 2 is 1.63 bits per heavy atom. The van der Waals surface area contributed by atoms with E-state index in [0.717, 1.165) is 51.7 Å². The maximum Gasteiger partial charge on any atom is 0.217 e. The molecule has 0 aromatic heterocycles. The molecule has 1 aromatic rings. The molecule has 5 heteroatoms. The molecule has 1 atom stereocenters. The summed E-state index contributed by atoms with van der Waals surface area (Å²) < 4.78 is 29.5. The lowest BCUT2D eigenvalue weighted by molar-refractivity contribution is 0.0332. The Labute approximate surface area is 163 Å². The van der Waals surface area contributed by atoms with E-state index in [2.05, 4.69) is 40.0 Å². The third-order valence-electron chi connectivity index (χ3n) is 7.71. The molecular formula is C22H32N2O2S. The lowest BCUT2D eigenvalue weighted by Gasteiger charge is -2.55. The number of sulfonamides is 1. The van der Waals surface area contributed by atoms with Gasteiger partial charge < -0.3 is 4.90 Å². The highest BCUT2D eigenvalue weighted by Crippen LogP contribution is 2.58. The van der Waals surface area contributed by atoms with E-state index in [1.165, 1.54) is 24.8 Å². The first-order valence-corrected chi connectivity index (χ1v) is 12.3. The van der Waals surface area contributed by atoms with Gasteiger partial charge >= 0.3 is 0 Å². The van der Waals surface area contributed by atoms with Gasteiger partial charge in [-0.25, -0.2) is 13.1 Å². The second kappa shape index (κ2) is 6.85. The molecule has 1 heterocycles. The van der Waals surface area contributed by atoms with Crippen molar-refractivity contribution in [3.63, 3.8) is 0 Å². The summed E-state index contributed by atoms with van der Waals surface area (Å²) in [5.74, 6) is 2.00. The molecule has 0 unspecified atom stereocenters. The van der Waals surface area contributed by atoms with Gasteiger partial charge in [-0.3, -0.25) is 0 Å². The number of benzene rings is 1. The molecule has 4 aliphatic carbocycles. The smallest absolute Gasteiger partial charge is 0.217 e. The van der Waals surface area contributed by atoms with Crippen molar-refractivity contribution in [1.82, 2.24) is 9.62 Å². The summed E-state index contributed by atoms with van der Waals surface area (Å²) in [7, 11) is -3.23. The summed E-state index contributed by atoms with van der Waals surface area (Å²) in [6, 6.07) is 10.7. The van der Waals surface area contributed by atoms with Crippen LogP contribution in [0.5, 0.6) is 0 Å². The second-order valence-corrected chi connectivity index (χ2v) is 11.9. The van der Waals surface area contributed by atoms with Crippen molar-refractivity contribution in [2.45, 2.75) is 62.2 Å². The molecule has 4 bridgehead atoms. The molecule has 4 nitrogen and oxygen atoms in total. The highest BCUT2D eigenvalue weighted by Gasteiger charge is 2.57. The van der Waals surface area contributed by atoms with Crippen LogP contribution in [0, 0.1) is 17.8 Å². The maximum absolute atomic E-state index is 13.4. The molecule has 1 saturated heterocycles. The van der Waals surface area contributed by atoms with E-state index in [9.17, 15) is 8.42 Å². The molecule has 27 heavy (non-hydrogen) atoms. The average molecular weight is 389 g/mol. The fourth-order valence-electron chi connectivity index (χ4n) is 6.77. The Balaban J connectivity index is 1.20. The molecule has 1 N–H and O–H groups in total. The number of rotatable bonds is 6. The normalized spacial score (nSPS) is 38.5. The van der Waals surface area contributed by atoms with Crippen molar-refractivity contribution >= 4 is 10.0 Å². The van der Waals surface area contributed by atoms with Gasteiger partial charge in [0, 0.05) is 19.1 Å². The van der Waals surface area contributed by atoms with E-state index in [-0.39, 0.29) is 6.04 Å². The third-order valence-corrected chi connectivity index (χ3v) is 9.99. The van der Waals surface area contributed by atoms with Crippen LogP contribution in [0.1, 0.15) is 50.5 Å². The first kappa shape index (κ1) is 18.1. The summed E-state index contributed by atoms with van der Waals surface area (Å²) in [5.41, 5.74) is 1.36. The predicted octanol–water partition coefficient (Wildman–Crippen LogP) is 3.19. The van der Waals surface area contributed by atoms with Crippen LogP contribution in [0.4, 0.5) is 0 Å². The van der Waals surface area contributed by atoms with Crippen LogP contribution in [0.2, 0.25) is 0 Å². The largest absolute Gasteiger partial charge is 0.301 e. The molecule has 1 aromatic carbocycles. The van der Waals surface area contributed by atoms with E-state index in [4.69, 9.17) is 0 Å². The van der Waals surface area contributed by atoms with Gasteiger partial charge in [0.2, 0.25) is 10.0 Å². The number of nitrogens with zero attached hydrogens (tertiary/aromatic N) is 1. The summed E-state index contributed by atoms with van der Waals surface area (Å²) >= 11 is 0. The van der Waals surface area contributed by atoms with Crippen LogP contribution in [0.3, 0.4) is 0 Å². The van der Waals surface area contributed by atoms with Gasteiger partial charge in [-0.05, 0) is 81.2 Å². The zero-order valence-electron chi connectivity index (χ0n) is 16.1. The Bertz CT molecular complexity index is 741. The van der Waals surface area contributed by atoms with E-state index in [1.807, 2.05) is 0 Å². The molecular weight excluding hydrogens is 356 g/mol. The molecule has 0 spiro atoms. The minimum Gasteiger partial charge on any atom is -0.301 e. The van der Waals surface area contributed by atoms with E-state index in [1.54, 1.807) is 0 Å². The number of likely N-dealkylation sites (tertiary alicyclic amines) is 1. The van der Waals surface area contributed by atoms with Crippen LogP contribution < -0.4 is 4.72 Å². The first-order chi connectivity index (χ1) is 13.0. The van der Waals surface area contributed by atoms with Crippen molar-refractivity contribution in [2.75, 3.05) is 19.6 Å². The average Bonchev–Trinajstić information content (AvgIpc) is 3.06. The van der Waals surface area contributed by atoms with Crippen LogP contribution in [0.15, 0.2) is 30.3 Å². The molecule has 1 aliphatic heterocycles. The predicted molar refractivity (Wildman–Crippen MR) is 108 cm³/mol. The van der Waals surface area contributed by atoms with Crippen molar-refractivity contribution in [1.29, 1.82) is 0 Å². The molecule has 6 rings (SSSR count). The summed E-state index contributed by atoms with van der Waals surface area (Å²) in [6.45, 7) is 2.87. The Hall–Kier alpha value is -0.910. The van der Waals surface area contributed by atoms with E-state index >= 15 is 0 Å². The van der Waals surface area contributed by atoms with Crippen LogP contribution in [-0.4, -0.2) is 43.7 Å². The zero-order chi connectivity index (χ0) is 18.5. The Kier molecular flexibility index (Phi) is 4.60. The summed E-state index contributed by atoms with van der Waals surface area (Å²) in [5, 5.41) is 0. The Morgan fingerprint density at radius 3 is 2.26 bits per heavy atom. The van der Waals surface area contributed by atoms with E-state index < -0.39 is 14.8 Å². The second-order valence-electron chi connectivity index (χ2n) is 9.74. The maximum atomic E-state index is 13.4. The van der Waals surface area contributed by atoms with Crippen molar-refractivity contribution in [3.8, 4) is 0 Å². The number of nitrogens with one attached hydrogen (secondary N) is 1. The van der Waals surface area contributed by atoms with Crippen molar-refractivity contribution < 1.29 is 8.42 Å². The van der Waals surface area contributed by atoms with Gasteiger partial charge in [-0.2, -0.15) is 0 Å². The lowest BCUT2D eigenvalue weighted by atomic mass is 9.56. The zero-order valence-corrected chi connectivity index (χ0v) is 17.0. The van der Waals surface area contributed by atoms with Gasteiger partial charge in [0.25, 0.3) is 0 Å². The molecule has 4 saturated carbocycles. The lowest BCUT2D eigenvalue weighted by Crippen LogP contribution is -2.59. The quantitative estimate of drug-likeness (QED) is 0.814. The molecule has 5 aliphatic rings. The fourth-order valence-corrected chi connectivity index (χ4v) is 9.02. The molecule has 5 fully saturated rings. The molecule has 148 valence electrons. The van der Waals surface area contributed by atoms with Crippen LogP contribution in [-0.2, 0) is 16.4 Å². The van der Waals surface area contributed by atoms with Gasteiger partial charge in [-0.15, -0.1) is 0 Å². The number of hydrogen-bond acceptors (Lipinski definition) is 3. The topological polar surface area (TPSA) is 49.4 Å². The monoisotopic (exact) mass is 388 g/mol. The fraction of sp³-hybridized carbons (Fsp3) is 0.727. The van der Waals surface area contributed by atoms with Crippen LogP contribution in [0.25, 0.3) is 0 Å². The summed E-state index contributed by atoms with van der Waals surface area (Å²) in [6.07, 6.45) is 8.58. The van der Waals surface area contributed by atoms with Crippen molar-refractivity contribution in [3.05, 3.63) is 35.9 Å². The SMILES string of the molecule is O=S(=O)(N[C@H]1CCN(CCc2ccccc2)C1)C12CC3CC(CC(C3)C1)C2. The highest BCUT2D eigenvalue weighted by atomic mass is 32.2. The van der Waals surface area contributed by atoms with Gasteiger partial charge in [0.05, 0.1) is 4.75 Å². The van der Waals surface area contributed by atoms with Gasteiger partial charge in [0.1, 0.15) is 0 Å². The van der Waals surface area contributed by atoms with Gasteiger partial charge in [0.15, 0.2) is 0 Å². The molecule has 0 amide bonds. The van der Waals surface area contributed by atoms with Gasteiger partial charge in [-0.1, -0.05) is 30.3 Å².